The SMILES string of the molecule is COc1cc(NC2CSCC(C)(C)C2)c(Br)cc1Br. The second kappa shape index (κ2) is 6.27. The van der Waals surface area contributed by atoms with Crippen LogP contribution in [0.5, 0.6) is 5.75 Å². The van der Waals surface area contributed by atoms with Gasteiger partial charge < -0.3 is 10.1 Å². The summed E-state index contributed by atoms with van der Waals surface area (Å²) in [5.74, 6) is 3.26. The summed E-state index contributed by atoms with van der Waals surface area (Å²) in [5.41, 5.74) is 1.51. The summed E-state index contributed by atoms with van der Waals surface area (Å²) in [6, 6.07) is 4.58. The summed E-state index contributed by atoms with van der Waals surface area (Å²) in [5, 5.41) is 3.64. The van der Waals surface area contributed by atoms with E-state index in [4.69, 9.17) is 4.74 Å². The fourth-order valence-corrected chi connectivity index (χ4v) is 4.92. The van der Waals surface area contributed by atoms with Crippen LogP contribution in [-0.2, 0) is 0 Å². The Morgan fingerprint density at radius 2 is 2.05 bits per heavy atom. The molecular formula is C14H19Br2NOS. The van der Waals surface area contributed by atoms with E-state index in [1.807, 2.05) is 23.9 Å². The molecule has 1 unspecified atom stereocenters. The zero-order valence-electron chi connectivity index (χ0n) is 11.4. The van der Waals surface area contributed by atoms with Gasteiger partial charge in [0.1, 0.15) is 5.75 Å². The molecule has 0 amide bonds. The van der Waals surface area contributed by atoms with Crippen LogP contribution in [0.1, 0.15) is 20.3 Å². The minimum Gasteiger partial charge on any atom is -0.495 e. The van der Waals surface area contributed by atoms with E-state index in [1.165, 1.54) is 12.2 Å². The first-order chi connectivity index (χ1) is 8.91. The van der Waals surface area contributed by atoms with Crippen LogP contribution in [0, 0.1) is 5.41 Å². The van der Waals surface area contributed by atoms with Gasteiger partial charge in [0.25, 0.3) is 0 Å². The maximum atomic E-state index is 5.36. The van der Waals surface area contributed by atoms with Gasteiger partial charge in [-0.25, -0.2) is 0 Å². The predicted molar refractivity (Wildman–Crippen MR) is 91.5 cm³/mol. The van der Waals surface area contributed by atoms with Crippen molar-refractivity contribution < 1.29 is 4.74 Å². The normalized spacial score (nSPS) is 22.1. The summed E-state index contributed by atoms with van der Waals surface area (Å²) < 4.78 is 7.38. The molecule has 0 bridgehead atoms. The molecule has 0 spiro atoms. The first-order valence-electron chi connectivity index (χ1n) is 6.28. The highest BCUT2D eigenvalue weighted by atomic mass is 79.9. The predicted octanol–water partition coefficient (Wildman–Crippen LogP) is 5.16. The van der Waals surface area contributed by atoms with Gasteiger partial charge in [-0.15, -0.1) is 0 Å². The lowest BCUT2D eigenvalue weighted by Gasteiger charge is -2.35. The standard InChI is InChI=1S/C14H19Br2NOS/c1-14(2)6-9(7-19-8-14)17-12-5-13(18-3)11(16)4-10(12)15/h4-5,9,17H,6-8H2,1-3H3. The number of hydrogen-bond donors (Lipinski definition) is 1. The number of hydrogen-bond acceptors (Lipinski definition) is 3. The minimum atomic E-state index is 0.409. The zero-order chi connectivity index (χ0) is 14.0. The lowest BCUT2D eigenvalue weighted by Crippen LogP contribution is -2.35. The Kier molecular flexibility index (Phi) is 5.12. The summed E-state index contributed by atoms with van der Waals surface area (Å²) in [6.07, 6.45) is 1.20. The summed E-state index contributed by atoms with van der Waals surface area (Å²) in [6.45, 7) is 4.68. The van der Waals surface area contributed by atoms with E-state index in [0.717, 1.165) is 26.1 Å². The number of rotatable bonds is 3. The highest BCUT2D eigenvalue weighted by molar-refractivity contribution is 9.11. The van der Waals surface area contributed by atoms with Gasteiger partial charge in [-0.05, 0) is 55.5 Å². The summed E-state index contributed by atoms with van der Waals surface area (Å²) in [4.78, 5) is 0. The van der Waals surface area contributed by atoms with Crippen LogP contribution in [0.3, 0.4) is 0 Å². The fraction of sp³-hybridized carbons (Fsp3) is 0.571. The molecule has 1 aromatic rings. The number of benzene rings is 1. The van der Waals surface area contributed by atoms with Crippen molar-refractivity contribution >= 4 is 49.3 Å². The van der Waals surface area contributed by atoms with Crippen molar-refractivity contribution in [2.75, 3.05) is 23.9 Å². The molecule has 5 heteroatoms. The lowest BCUT2D eigenvalue weighted by molar-refractivity contribution is 0.358. The molecule has 1 fully saturated rings. The molecule has 1 atom stereocenters. The molecule has 1 saturated heterocycles. The smallest absolute Gasteiger partial charge is 0.135 e. The van der Waals surface area contributed by atoms with Crippen LogP contribution in [0.4, 0.5) is 5.69 Å². The fourth-order valence-electron chi connectivity index (χ4n) is 2.37. The monoisotopic (exact) mass is 407 g/mol. The average Bonchev–Trinajstić information content (AvgIpc) is 2.31. The summed E-state index contributed by atoms with van der Waals surface area (Å²) in [7, 11) is 1.69. The zero-order valence-corrected chi connectivity index (χ0v) is 15.4. The van der Waals surface area contributed by atoms with Gasteiger partial charge >= 0.3 is 0 Å². The largest absolute Gasteiger partial charge is 0.495 e. The van der Waals surface area contributed by atoms with Crippen LogP contribution in [0.2, 0.25) is 0 Å². The second-order valence-electron chi connectivity index (χ2n) is 5.69. The van der Waals surface area contributed by atoms with Gasteiger partial charge in [0.05, 0.1) is 17.3 Å². The second-order valence-corrected chi connectivity index (χ2v) is 8.43. The van der Waals surface area contributed by atoms with E-state index in [9.17, 15) is 0 Å². The average molecular weight is 409 g/mol. The third-order valence-corrected chi connectivity index (χ3v) is 6.11. The Labute approximate surface area is 136 Å². The van der Waals surface area contributed by atoms with E-state index < -0.39 is 0 Å². The molecule has 1 aromatic carbocycles. The van der Waals surface area contributed by atoms with Gasteiger partial charge in [-0.3, -0.25) is 0 Å². The van der Waals surface area contributed by atoms with Crippen LogP contribution >= 0.6 is 43.6 Å². The molecule has 2 rings (SSSR count). The van der Waals surface area contributed by atoms with E-state index in [2.05, 4.69) is 51.0 Å². The highest BCUT2D eigenvalue weighted by Gasteiger charge is 2.28. The molecular weight excluding hydrogens is 390 g/mol. The number of halogens is 2. The Balaban J connectivity index is 2.14. The topological polar surface area (TPSA) is 21.3 Å². The Hall–Kier alpha value is 0.130. The molecule has 0 aliphatic carbocycles. The van der Waals surface area contributed by atoms with Crippen molar-refractivity contribution in [3.05, 3.63) is 21.1 Å². The molecule has 0 radical (unpaired) electrons. The van der Waals surface area contributed by atoms with Crippen LogP contribution in [-0.4, -0.2) is 24.7 Å². The number of nitrogens with one attached hydrogen (secondary N) is 1. The Bertz CT molecular complexity index is 465. The third-order valence-electron chi connectivity index (χ3n) is 3.21. The molecule has 1 aliphatic heterocycles. The number of anilines is 1. The van der Waals surface area contributed by atoms with Crippen LogP contribution in [0.15, 0.2) is 21.1 Å². The van der Waals surface area contributed by atoms with E-state index >= 15 is 0 Å². The molecule has 1 aliphatic rings. The van der Waals surface area contributed by atoms with Crippen molar-refractivity contribution in [2.24, 2.45) is 5.41 Å². The molecule has 0 aromatic heterocycles. The molecule has 0 saturated carbocycles. The maximum Gasteiger partial charge on any atom is 0.135 e. The first-order valence-corrected chi connectivity index (χ1v) is 9.03. The van der Waals surface area contributed by atoms with Crippen molar-refractivity contribution in [3.63, 3.8) is 0 Å². The number of ether oxygens (including phenoxy) is 1. The Morgan fingerprint density at radius 3 is 2.68 bits per heavy atom. The third kappa shape index (κ3) is 4.05. The molecule has 1 heterocycles. The number of methoxy groups -OCH3 is 1. The van der Waals surface area contributed by atoms with Gasteiger partial charge in [-0.1, -0.05) is 13.8 Å². The van der Waals surface area contributed by atoms with E-state index in [-0.39, 0.29) is 0 Å². The minimum absolute atomic E-state index is 0.409. The van der Waals surface area contributed by atoms with Gasteiger partial charge in [0, 0.05) is 22.3 Å². The van der Waals surface area contributed by atoms with Crippen LogP contribution in [0.25, 0.3) is 0 Å². The molecule has 19 heavy (non-hydrogen) atoms. The van der Waals surface area contributed by atoms with Crippen molar-refractivity contribution in [1.82, 2.24) is 0 Å². The molecule has 2 nitrogen and oxygen atoms in total. The highest BCUT2D eigenvalue weighted by Crippen LogP contribution is 2.38. The van der Waals surface area contributed by atoms with E-state index in [0.29, 0.717) is 11.5 Å². The van der Waals surface area contributed by atoms with Crippen LogP contribution < -0.4 is 10.1 Å². The number of thioether (sulfide) groups is 1. The van der Waals surface area contributed by atoms with Crippen molar-refractivity contribution in [2.45, 2.75) is 26.3 Å². The summed E-state index contributed by atoms with van der Waals surface area (Å²) >= 11 is 9.14. The molecule has 106 valence electrons. The van der Waals surface area contributed by atoms with Gasteiger partial charge in [0.2, 0.25) is 0 Å². The lowest BCUT2D eigenvalue weighted by atomic mass is 9.88. The molecule has 1 N–H and O–H groups in total. The Morgan fingerprint density at radius 1 is 1.32 bits per heavy atom. The maximum absolute atomic E-state index is 5.36. The van der Waals surface area contributed by atoms with E-state index in [1.54, 1.807) is 7.11 Å². The van der Waals surface area contributed by atoms with Gasteiger partial charge in [-0.2, -0.15) is 11.8 Å². The van der Waals surface area contributed by atoms with Crippen molar-refractivity contribution in [1.29, 1.82) is 0 Å². The quantitative estimate of drug-likeness (QED) is 0.745. The van der Waals surface area contributed by atoms with Crippen molar-refractivity contribution in [3.8, 4) is 5.75 Å². The van der Waals surface area contributed by atoms with Gasteiger partial charge in [0.15, 0.2) is 0 Å². The first kappa shape index (κ1) is 15.5.